The van der Waals surface area contributed by atoms with Crippen molar-refractivity contribution >= 4 is 87.3 Å². The van der Waals surface area contributed by atoms with E-state index >= 15 is 0 Å². The zero-order valence-electron chi connectivity index (χ0n) is 9.73. The van der Waals surface area contributed by atoms with Crippen LogP contribution in [0.5, 0.6) is 0 Å². The van der Waals surface area contributed by atoms with Crippen molar-refractivity contribution in [1.29, 1.82) is 0 Å². The van der Waals surface area contributed by atoms with Gasteiger partial charge in [0, 0.05) is 20.5 Å². The van der Waals surface area contributed by atoms with Gasteiger partial charge < -0.3 is 4.74 Å². The van der Waals surface area contributed by atoms with Gasteiger partial charge in [0.2, 0.25) is 0 Å². The number of carbonyl (C=O) groups is 3. The average molecular weight is 512 g/mol. The summed E-state index contributed by atoms with van der Waals surface area (Å²) in [5.74, 6) is -0.447. The number of halogens is 5. The summed E-state index contributed by atoms with van der Waals surface area (Å²) in [7, 11) is 1.35. The molecular formula is C11H5Br3Cl2O4. The first-order chi connectivity index (χ1) is 9.23. The Morgan fingerprint density at radius 3 is 1.55 bits per heavy atom. The van der Waals surface area contributed by atoms with Crippen LogP contribution in [0.25, 0.3) is 0 Å². The number of ketones is 1. The summed E-state index contributed by atoms with van der Waals surface area (Å²) in [5, 5.41) is -1.69. The predicted molar refractivity (Wildman–Crippen MR) is 86.1 cm³/mol. The smallest absolute Gasteiger partial charge is 0.254 e. The molecule has 0 amide bonds. The van der Waals surface area contributed by atoms with Gasteiger partial charge in [-0.05, 0) is 71.0 Å². The summed E-state index contributed by atoms with van der Waals surface area (Å²) in [4.78, 5) is 35.0. The SMILES string of the molecule is COCC(=O)c1c(Br)c(C(=O)Cl)c(Br)c(C(=O)Cl)c1Br. The maximum Gasteiger partial charge on any atom is 0.254 e. The quantitative estimate of drug-likeness (QED) is 0.430. The maximum absolute atomic E-state index is 12.0. The molecule has 0 N–H and O–H groups in total. The molecule has 0 radical (unpaired) electrons. The van der Waals surface area contributed by atoms with E-state index in [-0.39, 0.29) is 36.7 Å². The lowest BCUT2D eigenvalue weighted by Crippen LogP contribution is -2.14. The first-order valence-corrected chi connectivity index (χ1v) is 7.99. The van der Waals surface area contributed by atoms with Gasteiger partial charge in [0.05, 0.1) is 16.7 Å². The van der Waals surface area contributed by atoms with E-state index in [4.69, 9.17) is 27.9 Å². The molecule has 0 saturated heterocycles. The topological polar surface area (TPSA) is 60.4 Å². The second kappa shape index (κ2) is 7.47. The Morgan fingerprint density at radius 1 is 0.900 bits per heavy atom. The van der Waals surface area contributed by atoms with Gasteiger partial charge in [-0.2, -0.15) is 0 Å². The fourth-order valence-electron chi connectivity index (χ4n) is 1.46. The van der Waals surface area contributed by atoms with Crippen molar-refractivity contribution in [2.75, 3.05) is 13.7 Å². The lowest BCUT2D eigenvalue weighted by atomic mass is 10.0. The van der Waals surface area contributed by atoms with Crippen LogP contribution in [0.3, 0.4) is 0 Å². The van der Waals surface area contributed by atoms with Gasteiger partial charge in [-0.3, -0.25) is 14.4 Å². The zero-order valence-corrected chi connectivity index (χ0v) is 16.0. The van der Waals surface area contributed by atoms with Crippen molar-refractivity contribution in [2.45, 2.75) is 0 Å². The molecule has 0 atom stereocenters. The normalized spacial score (nSPS) is 10.5. The molecule has 20 heavy (non-hydrogen) atoms. The second-order valence-corrected chi connectivity index (χ2v) is 6.54. The van der Waals surface area contributed by atoms with Gasteiger partial charge in [0.25, 0.3) is 10.5 Å². The van der Waals surface area contributed by atoms with Gasteiger partial charge in [0.15, 0.2) is 5.78 Å². The van der Waals surface area contributed by atoms with Crippen molar-refractivity contribution in [3.63, 3.8) is 0 Å². The lowest BCUT2D eigenvalue weighted by Gasteiger charge is -2.14. The molecule has 0 aliphatic rings. The van der Waals surface area contributed by atoms with Crippen LogP contribution in [0.1, 0.15) is 31.1 Å². The minimum atomic E-state index is -0.845. The minimum Gasteiger partial charge on any atom is -0.377 e. The molecule has 4 nitrogen and oxygen atoms in total. The van der Waals surface area contributed by atoms with Crippen LogP contribution in [0.4, 0.5) is 0 Å². The van der Waals surface area contributed by atoms with E-state index in [1.807, 2.05) is 0 Å². The predicted octanol–water partition coefficient (Wildman–Crippen LogP) is 4.56. The Labute approximate surface area is 149 Å². The molecule has 0 aliphatic carbocycles. The van der Waals surface area contributed by atoms with Crippen molar-refractivity contribution in [1.82, 2.24) is 0 Å². The number of rotatable bonds is 5. The highest BCUT2D eigenvalue weighted by atomic mass is 79.9. The van der Waals surface area contributed by atoms with E-state index in [1.165, 1.54) is 7.11 Å². The molecule has 0 spiro atoms. The molecule has 0 fully saturated rings. The van der Waals surface area contributed by atoms with E-state index in [0.717, 1.165) is 0 Å². The van der Waals surface area contributed by atoms with E-state index in [2.05, 4.69) is 47.8 Å². The molecule has 1 aromatic carbocycles. The standard InChI is InChI=1S/C11H5Br3Cl2O4/c1-20-2-3(17)4-7(12)5(10(15)18)9(14)6(8(4)13)11(16)19/h2H2,1H3. The van der Waals surface area contributed by atoms with Crippen molar-refractivity contribution in [3.05, 3.63) is 30.1 Å². The van der Waals surface area contributed by atoms with Crippen LogP contribution in [0.2, 0.25) is 0 Å². The maximum atomic E-state index is 12.0. The summed E-state index contributed by atoms with van der Waals surface area (Å²) in [6.07, 6.45) is 0. The van der Waals surface area contributed by atoms with Crippen LogP contribution < -0.4 is 0 Å². The van der Waals surface area contributed by atoms with Gasteiger partial charge in [0.1, 0.15) is 6.61 Å². The highest BCUT2D eigenvalue weighted by Gasteiger charge is 2.29. The van der Waals surface area contributed by atoms with E-state index in [0.29, 0.717) is 0 Å². The monoisotopic (exact) mass is 508 g/mol. The lowest BCUT2D eigenvalue weighted by molar-refractivity contribution is 0.0846. The summed E-state index contributed by atoms with van der Waals surface area (Å²) >= 11 is 20.3. The van der Waals surface area contributed by atoms with E-state index in [9.17, 15) is 14.4 Å². The second-order valence-electron chi connectivity index (χ2n) is 3.47. The molecule has 0 unspecified atom stereocenters. The minimum absolute atomic E-state index is 0.0571. The van der Waals surface area contributed by atoms with Crippen LogP contribution >= 0.6 is 71.0 Å². The average Bonchev–Trinajstić information content (AvgIpc) is 2.27. The third kappa shape index (κ3) is 3.51. The number of hydrogen-bond acceptors (Lipinski definition) is 4. The number of hydrogen-bond donors (Lipinski definition) is 0. The van der Waals surface area contributed by atoms with E-state index < -0.39 is 16.3 Å². The molecule has 0 aliphatic heterocycles. The van der Waals surface area contributed by atoms with Crippen LogP contribution in [0.15, 0.2) is 13.4 Å². The number of carbonyl (C=O) groups excluding carboxylic acids is 3. The van der Waals surface area contributed by atoms with Gasteiger partial charge >= 0.3 is 0 Å². The molecule has 0 heterocycles. The highest BCUT2D eigenvalue weighted by Crippen LogP contribution is 2.40. The van der Waals surface area contributed by atoms with Crippen LogP contribution in [-0.2, 0) is 4.74 Å². The first kappa shape index (κ1) is 18.3. The van der Waals surface area contributed by atoms with Crippen molar-refractivity contribution in [2.24, 2.45) is 0 Å². The van der Waals surface area contributed by atoms with Gasteiger partial charge in [-0.1, -0.05) is 0 Å². The van der Waals surface area contributed by atoms with E-state index in [1.54, 1.807) is 0 Å². The van der Waals surface area contributed by atoms with Crippen LogP contribution in [-0.4, -0.2) is 30.0 Å². The zero-order chi connectivity index (χ0) is 15.6. The third-order valence-electron chi connectivity index (χ3n) is 2.26. The largest absolute Gasteiger partial charge is 0.377 e. The number of ether oxygens (including phenoxy) is 1. The fraction of sp³-hybridized carbons (Fsp3) is 0.182. The number of Topliss-reactive ketones (excluding diaryl/α,β-unsaturated/α-hetero) is 1. The summed E-state index contributed by atoms with van der Waals surface area (Å²) in [6, 6.07) is 0. The van der Waals surface area contributed by atoms with Gasteiger partial charge in [-0.15, -0.1) is 0 Å². The highest BCUT2D eigenvalue weighted by molar-refractivity contribution is 9.11. The molecule has 0 bridgehead atoms. The summed E-state index contributed by atoms with van der Waals surface area (Å²) < 4.78 is 5.17. The molecule has 9 heteroatoms. The molecule has 0 saturated carbocycles. The summed E-state index contributed by atoms with van der Waals surface area (Å²) in [5.41, 5.74) is -0.0558. The molecule has 1 aromatic rings. The third-order valence-corrected chi connectivity index (χ3v) is 5.02. The molecule has 0 aromatic heterocycles. The van der Waals surface area contributed by atoms with Crippen molar-refractivity contribution < 1.29 is 19.1 Å². The fourth-order valence-corrected chi connectivity index (χ4v) is 5.44. The molecular weight excluding hydrogens is 507 g/mol. The number of methoxy groups -OCH3 is 1. The Kier molecular flexibility index (Phi) is 6.82. The Balaban J connectivity index is 3.80. The van der Waals surface area contributed by atoms with Gasteiger partial charge in [-0.25, -0.2) is 0 Å². The Morgan fingerprint density at radius 2 is 1.25 bits per heavy atom. The molecule has 108 valence electrons. The van der Waals surface area contributed by atoms with Crippen molar-refractivity contribution in [3.8, 4) is 0 Å². The Hall–Kier alpha value is 0.210. The Bertz CT molecular complexity index is 575. The molecule has 1 rings (SSSR count). The summed E-state index contributed by atoms with van der Waals surface area (Å²) in [6.45, 7) is -0.231. The van der Waals surface area contributed by atoms with Crippen LogP contribution in [0, 0.1) is 0 Å². The number of benzene rings is 1. The first-order valence-electron chi connectivity index (χ1n) is 4.86.